The van der Waals surface area contributed by atoms with Gasteiger partial charge in [-0.15, -0.1) is 0 Å². The number of rotatable bonds is 3. The summed E-state index contributed by atoms with van der Waals surface area (Å²) in [6.45, 7) is 12.2. The summed E-state index contributed by atoms with van der Waals surface area (Å²) in [5.74, 6) is 1.79. The average Bonchev–Trinajstić information content (AvgIpc) is 2.67. The zero-order valence-electron chi connectivity index (χ0n) is 12.1. The first kappa shape index (κ1) is 13.4. The van der Waals surface area contributed by atoms with E-state index in [0.29, 0.717) is 18.0 Å². The van der Waals surface area contributed by atoms with Crippen LogP contribution in [0, 0.1) is 5.92 Å². The van der Waals surface area contributed by atoms with Crippen molar-refractivity contribution in [1.82, 2.24) is 15.1 Å². The van der Waals surface area contributed by atoms with Crippen molar-refractivity contribution in [2.75, 3.05) is 24.5 Å². The quantitative estimate of drug-likeness (QED) is 0.893. The van der Waals surface area contributed by atoms with Gasteiger partial charge in [0.1, 0.15) is 0 Å². The van der Waals surface area contributed by atoms with E-state index >= 15 is 0 Å². The van der Waals surface area contributed by atoms with E-state index in [1.807, 2.05) is 4.68 Å². The van der Waals surface area contributed by atoms with Gasteiger partial charge in [-0.2, -0.15) is 5.10 Å². The first-order valence-corrected chi connectivity index (χ1v) is 7.11. The maximum Gasteiger partial charge on any atom is 0.150 e. The van der Waals surface area contributed by atoms with Gasteiger partial charge in [-0.25, -0.2) is 0 Å². The number of anilines is 1. The van der Waals surface area contributed by atoms with E-state index < -0.39 is 0 Å². The lowest BCUT2D eigenvalue weighted by Gasteiger charge is -2.26. The lowest BCUT2D eigenvalue weighted by molar-refractivity contribution is 0.419. The Balaban J connectivity index is 2.09. The Morgan fingerprint density at radius 1 is 1.33 bits per heavy atom. The Morgan fingerprint density at radius 3 is 2.72 bits per heavy atom. The number of nitrogens with one attached hydrogen (secondary N) is 1. The highest BCUT2D eigenvalue weighted by atomic mass is 15.4. The summed E-state index contributed by atoms with van der Waals surface area (Å²) in [5.41, 5.74) is 0. The van der Waals surface area contributed by atoms with E-state index in [1.165, 1.54) is 6.42 Å². The van der Waals surface area contributed by atoms with Gasteiger partial charge in [0.25, 0.3) is 0 Å². The van der Waals surface area contributed by atoms with Gasteiger partial charge >= 0.3 is 0 Å². The Labute approximate surface area is 110 Å². The molecule has 0 spiro atoms. The Bertz CT molecular complexity index is 370. The van der Waals surface area contributed by atoms with Gasteiger partial charge in [0.15, 0.2) is 5.82 Å². The monoisotopic (exact) mass is 250 g/mol. The zero-order chi connectivity index (χ0) is 13.1. The molecule has 102 valence electrons. The summed E-state index contributed by atoms with van der Waals surface area (Å²) in [4.78, 5) is 2.42. The van der Waals surface area contributed by atoms with Gasteiger partial charge in [0.2, 0.25) is 0 Å². The Morgan fingerprint density at radius 2 is 2.11 bits per heavy atom. The molecule has 1 N–H and O–H groups in total. The molecule has 4 nitrogen and oxygen atoms in total. The molecule has 1 aliphatic rings. The topological polar surface area (TPSA) is 33.1 Å². The van der Waals surface area contributed by atoms with Gasteiger partial charge in [-0.3, -0.25) is 4.68 Å². The molecule has 1 unspecified atom stereocenters. The van der Waals surface area contributed by atoms with E-state index in [-0.39, 0.29) is 0 Å². The van der Waals surface area contributed by atoms with Gasteiger partial charge < -0.3 is 10.2 Å². The van der Waals surface area contributed by atoms with Crippen molar-refractivity contribution in [2.45, 2.75) is 46.2 Å². The van der Waals surface area contributed by atoms with Crippen LogP contribution >= 0.6 is 0 Å². The van der Waals surface area contributed by atoms with Crippen LogP contribution in [0.25, 0.3) is 0 Å². The minimum absolute atomic E-state index is 0.435. The van der Waals surface area contributed by atoms with Crippen LogP contribution in [0.3, 0.4) is 0 Å². The molecule has 1 aromatic heterocycles. The molecule has 0 amide bonds. The van der Waals surface area contributed by atoms with E-state index in [0.717, 1.165) is 25.5 Å². The van der Waals surface area contributed by atoms with Gasteiger partial charge in [0.05, 0.1) is 0 Å². The molecule has 2 rings (SSSR count). The van der Waals surface area contributed by atoms with E-state index in [9.17, 15) is 0 Å². The fraction of sp³-hybridized carbons (Fsp3) is 0.786. The smallest absolute Gasteiger partial charge is 0.150 e. The molecule has 1 fully saturated rings. The number of nitrogens with zero attached hydrogens (tertiary/aromatic N) is 3. The van der Waals surface area contributed by atoms with Gasteiger partial charge in [-0.05, 0) is 32.7 Å². The van der Waals surface area contributed by atoms with Crippen molar-refractivity contribution in [1.29, 1.82) is 0 Å². The highest BCUT2D eigenvalue weighted by Crippen LogP contribution is 2.17. The van der Waals surface area contributed by atoms with Gasteiger partial charge in [-0.1, -0.05) is 13.8 Å². The van der Waals surface area contributed by atoms with Crippen molar-refractivity contribution in [3.05, 3.63) is 12.3 Å². The number of aromatic nitrogens is 2. The Hall–Kier alpha value is -1.03. The zero-order valence-corrected chi connectivity index (χ0v) is 12.1. The lowest BCUT2D eigenvalue weighted by Crippen LogP contribution is -2.41. The fourth-order valence-corrected chi connectivity index (χ4v) is 2.39. The van der Waals surface area contributed by atoms with Crippen LogP contribution in [0.4, 0.5) is 5.82 Å². The van der Waals surface area contributed by atoms with Crippen molar-refractivity contribution >= 4 is 5.82 Å². The van der Waals surface area contributed by atoms with Crippen LogP contribution in [0.15, 0.2) is 12.3 Å². The molecule has 0 aliphatic carbocycles. The second-order valence-corrected chi connectivity index (χ2v) is 5.85. The SMILES string of the molecule is CC(C)C1CN(c2ccn(C(C)C)n2)CCCN1. The molecular formula is C14H26N4. The lowest BCUT2D eigenvalue weighted by atomic mass is 10.0. The predicted molar refractivity (Wildman–Crippen MR) is 76.1 cm³/mol. The highest BCUT2D eigenvalue weighted by Gasteiger charge is 2.21. The van der Waals surface area contributed by atoms with Crippen LogP contribution in [0.1, 0.15) is 40.2 Å². The maximum atomic E-state index is 4.68. The van der Waals surface area contributed by atoms with Crippen LogP contribution in [0.5, 0.6) is 0 Å². The highest BCUT2D eigenvalue weighted by molar-refractivity contribution is 5.37. The second-order valence-electron chi connectivity index (χ2n) is 5.85. The molecule has 0 aromatic carbocycles. The molecule has 18 heavy (non-hydrogen) atoms. The number of hydrogen-bond acceptors (Lipinski definition) is 3. The summed E-state index contributed by atoms with van der Waals surface area (Å²) in [6.07, 6.45) is 3.28. The third kappa shape index (κ3) is 3.05. The Kier molecular flexibility index (Phi) is 4.27. The second kappa shape index (κ2) is 5.74. The largest absolute Gasteiger partial charge is 0.354 e. The first-order valence-electron chi connectivity index (χ1n) is 7.11. The van der Waals surface area contributed by atoms with Crippen LogP contribution < -0.4 is 10.2 Å². The molecule has 1 aliphatic heterocycles. The molecule has 0 radical (unpaired) electrons. The minimum Gasteiger partial charge on any atom is -0.354 e. The fourth-order valence-electron chi connectivity index (χ4n) is 2.39. The first-order chi connectivity index (χ1) is 8.58. The van der Waals surface area contributed by atoms with Gasteiger partial charge in [0, 0.05) is 37.4 Å². The summed E-state index contributed by atoms with van der Waals surface area (Å²) >= 11 is 0. The molecule has 1 atom stereocenters. The van der Waals surface area contributed by atoms with Crippen molar-refractivity contribution in [3.8, 4) is 0 Å². The summed E-state index contributed by atoms with van der Waals surface area (Å²) in [7, 11) is 0. The summed E-state index contributed by atoms with van der Waals surface area (Å²) in [5, 5.41) is 8.32. The maximum absolute atomic E-state index is 4.68. The molecular weight excluding hydrogens is 224 g/mol. The van der Waals surface area contributed by atoms with Crippen LogP contribution in [0.2, 0.25) is 0 Å². The predicted octanol–water partition coefficient (Wildman–Crippen LogP) is 2.29. The molecule has 0 saturated carbocycles. The van der Waals surface area contributed by atoms with Crippen LogP contribution in [-0.2, 0) is 0 Å². The van der Waals surface area contributed by atoms with E-state index in [1.54, 1.807) is 0 Å². The summed E-state index contributed by atoms with van der Waals surface area (Å²) < 4.78 is 2.04. The minimum atomic E-state index is 0.435. The van der Waals surface area contributed by atoms with Crippen LogP contribution in [-0.4, -0.2) is 35.5 Å². The van der Waals surface area contributed by atoms with Crippen molar-refractivity contribution < 1.29 is 0 Å². The van der Waals surface area contributed by atoms with E-state index in [2.05, 4.69) is 55.3 Å². The average molecular weight is 250 g/mol. The standard InChI is InChI=1S/C14H26N4/c1-11(2)13-10-17(8-5-7-15-13)14-6-9-18(16-14)12(3)4/h6,9,11-13,15H,5,7-8,10H2,1-4H3. The molecule has 1 aromatic rings. The molecule has 2 heterocycles. The summed E-state index contributed by atoms with van der Waals surface area (Å²) in [6, 6.07) is 3.14. The molecule has 1 saturated heterocycles. The normalized spacial score (nSPS) is 21.7. The van der Waals surface area contributed by atoms with Crippen molar-refractivity contribution in [3.63, 3.8) is 0 Å². The van der Waals surface area contributed by atoms with E-state index in [4.69, 9.17) is 0 Å². The molecule has 0 bridgehead atoms. The third-order valence-corrected chi connectivity index (χ3v) is 3.68. The number of hydrogen-bond donors (Lipinski definition) is 1. The molecule has 4 heteroatoms. The third-order valence-electron chi connectivity index (χ3n) is 3.68. The van der Waals surface area contributed by atoms with Crippen molar-refractivity contribution in [2.24, 2.45) is 5.92 Å².